The van der Waals surface area contributed by atoms with E-state index in [0.717, 1.165) is 19.5 Å². The minimum Gasteiger partial charge on any atom is -0.480 e. The summed E-state index contributed by atoms with van der Waals surface area (Å²) in [7, 11) is 0. The van der Waals surface area contributed by atoms with E-state index in [-0.39, 0.29) is 12.6 Å². The number of carbonyl (C=O) groups is 1. The molecule has 1 atom stereocenters. The van der Waals surface area contributed by atoms with Crippen LogP contribution in [0.2, 0.25) is 0 Å². The molecule has 4 heteroatoms. The quantitative estimate of drug-likeness (QED) is 0.853. The van der Waals surface area contributed by atoms with Gasteiger partial charge in [-0.3, -0.25) is 4.79 Å². The lowest BCUT2D eigenvalue weighted by atomic mass is 10.0. The van der Waals surface area contributed by atoms with Crippen LogP contribution in [0.3, 0.4) is 0 Å². The van der Waals surface area contributed by atoms with Gasteiger partial charge in [0.05, 0.1) is 6.54 Å². The van der Waals surface area contributed by atoms with Gasteiger partial charge in [0.25, 0.3) is 0 Å². The molecule has 1 aromatic carbocycles. The fourth-order valence-electron chi connectivity index (χ4n) is 2.46. The highest BCUT2D eigenvalue weighted by molar-refractivity contribution is 5.69. The molecule has 0 amide bonds. The van der Waals surface area contributed by atoms with E-state index in [9.17, 15) is 4.79 Å². The van der Waals surface area contributed by atoms with Crippen LogP contribution in [0.15, 0.2) is 24.3 Å². The number of carboxylic acids is 1. The van der Waals surface area contributed by atoms with Gasteiger partial charge in [-0.05, 0) is 30.0 Å². The van der Waals surface area contributed by atoms with Gasteiger partial charge in [0.2, 0.25) is 0 Å². The van der Waals surface area contributed by atoms with Gasteiger partial charge in [-0.15, -0.1) is 0 Å². The molecule has 19 heavy (non-hydrogen) atoms. The Morgan fingerprint density at radius 1 is 1.42 bits per heavy atom. The summed E-state index contributed by atoms with van der Waals surface area (Å²) >= 11 is 0. The second kappa shape index (κ2) is 6.06. The Morgan fingerprint density at radius 3 is 2.68 bits per heavy atom. The van der Waals surface area contributed by atoms with Crippen molar-refractivity contribution < 1.29 is 9.90 Å². The third-order valence-electron chi connectivity index (χ3n) is 3.66. The van der Waals surface area contributed by atoms with Crippen LogP contribution in [0, 0.1) is 0 Å². The summed E-state index contributed by atoms with van der Waals surface area (Å²) in [5.74, 6) is -0.239. The Morgan fingerprint density at radius 2 is 2.11 bits per heavy atom. The van der Waals surface area contributed by atoms with E-state index in [2.05, 4.69) is 48.3 Å². The molecule has 0 spiro atoms. The predicted molar refractivity (Wildman–Crippen MR) is 76.8 cm³/mol. The van der Waals surface area contributed by atoms with Gasteiger partial charge >= 0.3 is 5.97 Å². The molecule has 1 aromatic rings. The van der Waals surface area contributed by atoms with Crippen LogP contribution < -0.4 is 10.2 Å². The van der Waals surface area contributed by atoms with Crippen molar-refractivity contribution in [2.45, 2.75) is 32.2 Å². The maximum absolute atomic E-state index is 10.5. The highest BCUT2D eigenvalue weighted by Gasteiger charge is 2.22. The Labute approximate surface area is 114 Å². The average Bonchev–Trinajstić information content (AvgIpc) is 2.85. The molecular weight excluding hydrogens is 240 g/mol. The molecule has 0 aliphatic carbocycles. The highest BCUT2D eigenvalue weighted by atomic mass is 16.4. The van der Waals surface area contributed by atoms with Gasteiger partial charge in [-0.25, -0.2) is 0 Å². The van der Waals surface area contributed by atoms with E-state index in [0.29, 0.717) is 5.92 Å². The number of rotatable bonds is 5. The third-order valence-corrected chi connectivity index (χ3v) is 3.66. The van der Waals surface area contributed by atoms with Crippen molar-refractivity contribution in [2.75, 3.05) is 24.5 Å². The van der Waals surface area contributed by atoms with Crippen LogP contribution >= 0.6 is 0 Å². The molecule has 1 saturated heterocycles. The van der Waals surface area contributed by atoms with Crippen LogP contribution in [0.1, 0.15) is 31.7 Å². The van der Waals surface area contributed by atoms with Gasteiger partial charge in [0.15, 0.2) is 0 Å². The molecule has 0 saturated carbocycles. The van der Waals surface area contributed by atoms with Crippen LogP contribution in [-0.2, 0) is 4.79 Å². The van der Waals surface area contributed by atoms with Gasteiger partial charge in [0.1, 0.15) is 0 Å². The lowest BCUT2D eigenvalue weighted by Crippen LogP contribution is -2.35. The fraction of sp³-hybridized carbons (Fsp3) is 0.533. The van der Waals surface area contributed by atoms with Crippen molar-refractivity contribution in [3.8, 4) is 0 Å². The van der Waals surface area contributed by atoms with Crippen molar-refractivity contribution in [3.63, 3.8) is 0 Å². The van der Waals surface area contributed by atoms with E-state index in [4.69, 9.17) is 5.11 Å². The largest absolute Gasteiger partial charge is 0.480 e. The Hall–Kier alpha value is -1.55. The molecule has 1 unspecified atom stereocenters. The minimum absolute atomic E-state index is 0.0464. The molecule has 1 aliphatic rings. The van der Waals surface area contributed by atoms with E-state index in [1.54, 1.807) is 0 Å². The minimum atomic E-state index is -0.792. The van der Waals surface area contributed by atoms with Crippen LogP contribution in [0.5, 0.6) is 0 Å². The summed E-state index contributed by atoms with van der Waals surface area (Å²) in [6, 6.07) is 8.96. The molecule has 0 aromatic heterocycles. The number of carboxylic acid groups (broad SMARTS) is 1. The topological polar surface area (TPSA) is 52.6 Å². The second-order valence-corrected chi connectivity index (χ2v) is 5.45. The van der Waals surface area contributed by atoms with E-state index < -0.39 is 5.97 Å². The summed E-state index contributed by atoms with van der Waals surface area (Å²) in [5, 5.41) is 11.7. The zero-order chi connectivity index (χ0) is 13.8. The molecule has 4 nitrogen and oxygen atoms in total. The summed E-state index contributed by atoms with van der Waals surface area (Å²) in [6.07, 6.45) is 0.999. The predicted octanol–water partition coefficient (Wildman–Crippen LogP) is 2.06. The summed E-state index contributed by atoms with van der Waals surface area (Å²) < 4.78 is 0. The molecule has 2 N–H and O–H groups in total. The van der Waals surface area contributed by atoms with E-state index in [1.165, 1.54) is 11.3 Å². The van der Waals surface area contributed by atoms with Crippen LogP contribution in [-0.4, -0.2) is 36.8 Å². The van der Waals surface area contributed by atoms with Gasteiger partial charge in [-0.2, -0.15) is 0 Å². The summed E-state index contributed by atoms with van der Waals surface area (Å²) in [4.78, 5) is 12.8. The normalized spacial score (nSPS) is 19.1. The lowest BCUT2D eigenvalue weighted by Gasteiger charge is -2.19. The summed E-state index contributed by atoms with van der Waals surface area (Å²) in [6.45, 7) is 6.30. The molecule has 1 aliphatic heterocycles. The standard InChI is InChI=1S/C15H22N2O2/c1-11(2)12-3-5-14(6-4-12)17-8-7-13(10-17)16-9-15(18)19/h3-6,11,13,16H,7-10H2,1-2H3,(H,18,19). The molecule has 0 bridgehead atoms. The van der Waals surface area contributed by atoms with E-state index in [1.807, 2.05) is 0 Å². The first-order valence-corrected chi connectivity index (χ1v) is 6.86. The third kappa shape index (κ3) is 3.70. The fourth-order valence-corrected chi connectivity index (χ4v) is 2.46. The maximum atomic E-state index is 10.5. The number of nitrogens with one attached hydrogen (secondary N) is 1. The average molecular weight is 262 g/mol. The highest BCUT2D eigenvalue weighted by Crippen LogP contribution is 2.23. The van der Waals surface area contributed by atoms with Crippen molar-refractivity contribution in [3.05, 3.63) is 29.8 Å². The number of hydrogen-bond acceptors (Lipinski definition) is 3. The molecular formula is C15H22N2O2. The smallest absolute Gasteiger partial charge is 0.317 e. The van der Waals surface area contributed by atoms with Crippen LogP contribution in [0.25, 0.3) is 0 Å². The van der Waals surface area contributed by atoms with Crippen molar-refractivity contribution >= 4 is 11.7 Å². The van der Waals surface area contributed by atoms with Gasteiger partial charge < -0.3 is 15.3 Å². The number of anilines is 1. The van der Waals surface area contributed by atoms with Gasteiger partial charge in [-0.1, -0.05) is 26.0 Å². The van der Waals surface area contributed by atoms with Crippen molar-refractivity contribution in [2.24, 2.45) is 0 Å². The van der Waals surface area contributed by atoms with Gasteiger partial charge in [0, 0.05) is 24.8 Å². The Kier molecular flexibility index (Phi) is 4.43. The Balaban J connectivity index is 1.91. The zero-order valence-electron chi connectivity index (χ0n) is 11.6. The summed E-state index contributed by atoms with van der Waals surface area (Å²) in [5.41, 5.74) is 2.58. The van der Waals surface area contributed by atoms with E-state index >= 15 is 0 Å². The first kappa shape index (κ1) is 13.9. The monoisotopic (exact) mass is 262 g/mol. The molecule has 0 radical (unpaired) electrons. The van der Waals surface area contributed by atoms with Crippen molar-refractivity contribution in [1.29, 1.82) is 0 Å². The first-order chi connectivity index (χ1) is 9.06. The number of aliphatic carboxylic acids is 1. The molecule has 104 valence electrons. The number of benzene rings is 1. The Bertz CT molecular complexity index is 428. The zero-order valence-corrected chi connectivity index (χ0v) is 11.6. The number of hydrogen-bond donors (Lipinski definition) is 2. The van der Waals surface area contributed by atoms with Crippen LogP contribution in [0.4, 0.5) is 5.69 Å². The first-order valence-electron chi connectivity index (χ1n) is 6.86. The molecule has 2 rings (SSSR count). The molecule has 1 fully saturated rings. The second-order valence-electron chi connectivity index (χ2n) is 5.45. The van der Waals surface area contributed by atoms with Crippen molar-refractivity contribution in [1.82, 2.24) is 5.32 Å². The lowest BCUT2D eigenvalue weighted by molar-refractivity contribution is -0.136. The molecule has 1 heterocycles. The SMILES string of the molecule is CC(C)c1ccc(N2CCC(NCC(=O)O)C2)cc1. The maximum Gasteiger partial charge on any atom is 0.317 e. The number of nitrogens with zero attached hydrogens (tertiary/aromatic N) is 1.